The Morgan fingerprint density at radius 1 is 0.857 bits per heavy atom. The molecule has 4 N–H and O–H groups in total. The predicted molar refractivity (Wildman–Crippen MR) is 133 cm³/mol. The molecule has 4 fully saturated rings. The van der Waals surface area contributed by atoms with Crippen LogP contribution in [0.1, 0.15) is 70.6 Å². The Morgan fingerprint density at radius 2 is 1.60 bits per heavy atom. The normalized spacial score (nSPS) is 43.1. The summed E-state index contributed by atoms with van der Waals surface area (Å²) in [6, 6.07) is 0.204. The lowest BCUT2D eigenvalue weighted by Gasteiger charge is -2.29. The summed E-state index contributed by atoms with van der Waals surface area (Å²) < 4.78 is 41.3. The van der Waals surface area contributed by atoms with E-state index in [1.54, 1.807) is 0 Å². The Hall–Kier alpha value is -0.770. The molecule has 0 spiro atoms. The van der Waals surface area contributed by atoms with E-state index in [0.29, 0.717) is 63.4 Å². The number of hydrogen-bond acceptors (Lipinski definition) is 4. The number of nitrogens with one attached hydrogen (secondary N) is 4. The van der Waals surface area contributed by atoms with Crippen LogP contribution >= 0.6 is 23.2 Å². The standard InChI is InChI=1S/C24H38Cl2F3N5O/c25-18-8-4-14(9-20(18)29)23(35)32-24(30-12-15-3-7-17(28)10-19(15)26)31-22-11-21(33-34-22)13-1-5-16(27)6-2-13/h13-22,33-34H,1-12H2,(H2,30,31,32,35). The van der Waals surface area contributed by atoms with E-state index in [1.807, 2.05) is 0 Å². The molecule has 0 radical (unpaired) electrons. The third-order valence-electron chi connectivity index (χ3n) is 8.15. The smallest absolute Gasteiger partial charge is 0.229 e. The van der Waals surface area contributed by atoms with Gasteiger partial charge in [0.25, 0.3) is 0 Å². The van der Waals surface area contributed by atoms with Crippen LogP contribution in [-0.4, -0.2) is 59.9 Å². The van der Waals surface area contributed by atoms with Gasteiger partial charge in [-0.25, -0.2) is 18.6 Å². The maximum Gasteiger partial charge on any atom is 0.229 e. The second kappa shape index (κ2) is 12.7. The molecule has 1 amide bonds. The van der Waals surface area contributed by atoms with Crippen LogP contribution in [0, 0.1) is 17.8 Å². The Bertz CT molecular complexity index is 742. The number of hydrogen-bond donors (Lipinski definition) is 4. The maximum atomic E-state index is 14.1. The summed E-state index contributed by atoms with van der Waals surface area (Å²) >= 11 is 12.4. The maximum absolute atomic E-state index is 14.1. The van der Waals surface area contributed by atoms with Crippen LogP contribution in [0.15, 0.2) is 4.99 Å². The summed E-state index contributed by atoms with van der Waals surface area (Å²) in [5, 5.41) is 5.30. The molecule has 8 atom stereocenters. The number of nitrogens with zero attached hydrogens (tertiary/aromatic N) is 1. The Balaban J connectivity index is 1.36. The first-order valence-electron chi connectivity index (χ1n) is 13.1. The highest BCUT2D eigenvalue weighted by Crippen LogP contribution is 2.33. The van der Waals surface area contributed by atoms with Gasteiger partial charge in [0.15, 0.2) is 5.96 Å². The summed E-state index contributed by atoms with van der Waals surface area (Å²) in [5.74, 6) is 0.000194. The molecule has 1 aliphatic heterocycles. The van der Waals surface area contributed by atoms with Gasteiger partial charge in [-0.05, 0) is 82.5 Å². The van der Waals surface area contributed by atoms with E-state index >= 15 is 0 Å². The highest BCUT2D eigenvalue weighted by Gasteiger charge is 2.36. The molecule has 3 aliphatic carbocycles. The number of carbonyl (C=O) groups excluding carboxylic acids is 1. The molecular weight excluding hydrogens is 502 g/mol. The van der Waals surface area contributed by atoms with Crippen LogP contribution in [0.2, 0.25) is 0 Å². The van der Waals surface area contributed by atoms with Crippen molar-refractivity contribution in [1.82, 2.24) is 21.5 Å². The summed E-state index contributed by atoms with van der Waals surface area (Å²) in [6.45, 7) is 0.369. The molecule has 3 saturated carbocycles. The number of rotatable bonds is 5. The lowest BCUT2D eigenvalue weighted by molar-refractivity contribution is -0.125. The van der Waals surface area contributed by atoms with Crippen molar-refractivity contribution in [3.63, 3.8) is 0 Å². The summed E-state index contributed by atoms with van der Waals surface area (Å²) in [5.41, 5.74) is 6.54. The fourth-order valence-corrected chi connectivity index (χ4v) is 6.46. The largest absolute Gasteiger partial charge is 0.339 e. The zero-order chi connectivity index (χ0) is 24.9. The Kier molecular flexibility index (Phi) is 9.86. The average Bonchev–Trinajstić information content (AvgIpc) is 3.29. The van der Waals surface area contributed by atoms with Crippen molar-refractivity contribution in [2.24, 2.45) is 22.7 Å². The van der Waals surface area contributed by atoms with Gasteiger partial charge in [-0.1, -0.05) is 0 Å². The van der Waals surface area contributed by atoms with Gasteiger partial charge in [0, 0.05) is 23.9 Å². The number of hydrazine groups is 1. The van der Waals surface area contributed by atoms with Crippen LogP contribution in [0.4, 0.5) is 13.2 Å². The Labute approximate surface area is 215 Å². The minimum absolute atomic E-state index is 0.0255. The van der Waals surface area contributed by atoms with Gasteiger partial charge in [0.05, 0.1) is 11.5 Å². The highest BCUT2D eigenvalue weighted by molar-refractivity contribution is 6.21. The van der Waals surface area contributed by atoms with Crippen molar-refractivity contribution in [2.45, 2.75) is 112 Å². The first-order chi connectivity index (χ1) is 16.8. The lowest BCUT2D eigenvalue weighted by atomic mass is 9.82. The van der Waals surface area contributed by atoms with E-state index in [2.05, 4.69) is 26.5 Å². The van der Waals surface area contributed by atoms with Crippen molar-refractivity contribution >= 4 is 35.1 Å². The summed E-state index contributed by atoms with van der Waals surface area (Å²) in [6.07, 6.45) is 3.22. The molecule has 1 saturated heterocycles. The first kappa shape index (κ1) is 27.3. The molecule has 8 unspecified atom stereocenters. The molecule has 1 heterocycles. The van der Waals surface area contributed by atoms with E-state index in [9.17, 15) is 18.0 Å². The number of alkyl halides is 5. The van der Waals surface area contributed by atoms with E-state index in [0.717, 1.165) is 19.3 Å². The number of guanidine groups is 1. The van der Waals surface area contributed by atoms with Gasteiger partial charge in [-0.2, -0.15) is 0 Å². The van der Waals surface area contributed by atoms with E-state index in [-0.39, 0.29) is 35.8 Å². The zero-order valence-corrected chi connectivity index (χ0v) is 21.5. The van der Waals surface area contributed by atoms with E-state index in [1.165, 1.54) is 0 Å². The summed E-state index contributed by atoms with van der Waals surface area (Å²) in [7, 11) is 0. The molecule has 0 aromatic heterocycles. The molecule has 0 aromatic rings. The van der Waals surface area contributed by atoms with Gasteiger partial charge in [0.2, 0.25) is 5.91 Å². The minimum atomic E-state index is -1.21. The second-order valence-corrected chi connectivity index (χ2v) is 11.9. The monoisotopic (exact) mass is 539 g/mol. The SMILES string of the molecule is O=C(NC(=NCC1CCC(F)CC1Cl)NC1CC(C2CCC(F)CC2)NN1)C1CCC(Cl)C(F)C1. The molecule has 35 heavy (non-hydrogen) atoms. The predicted octanol–water partition coefficient (Wildman–Crippen LogP) is 4.26. The molecule has 0 bridgehead atoms. The molecule has 200 valence electrons. The van der Waals surface area contributed by atoms with Crippen molar-refractivity contribution in [3.05, 3.63) is 0 Å². The third-order valence-corrected chi connectivity index (χ3v) is 9.17. The number of aliphatic imine (C=N–C) groups is 1. The molecule has 4 aliphatic rings. The minimum Gasteiger partial charge on any atom is -0.339 e. The molecule has 6 nitrogen and oxygen atoms in total. The van der Waals surface area contributed by atoms with Crippen LogP contribution in [0.5, 0.6) is 0 Å². The quantitative estimate of drug-likeness (QED) is 0.239. The lowest BCUT2D eigenvalue weighted by Crippen LogP contribution is -2.52. The topological polar surface area (TPSA) is 77.5 Å². The van der Waals surface area contributed by atoms with Crippen LogP contribution < -0.4 is 21.5 Å². The van der Waals surface area contributed by atoms with Gasteiger partial charge in [-0.15, -0.1) is 23.2 Å². The number of amides is 1. The van der Waals surface area contributed by atoms with Crippen molar-refractivity contribution in [2.75, 3.05) is 6.54 Å². The second-order valence-electron chi connectivity index (χ2n) is 10.7. The van der Waals surface area contributed by atoms with Crippen molar-refractivity contribution in [1.29, 1.82) is 0 Å². The van der Waals surface area contributed by atoms with Crippen molar-refractivity contribution in [3.8, 4) is 0 Å². The van der Waals surface area contributed by atoms with Gasteiger partial charge in [0.1, 0.15) is 18.5 Å². The summed E-state index contributed by atoms with van der Waals surface area (Å²) in [4.78, 5) is 17.6. The fourth-order valence-electron chi connectivity index (χ4n) is 5.83. The molecule has 4 rings (SSSR count). The van der Waals surface area contributed by atoms with Crippen LogP contribution in [0.3, 0.4) is 0 Å². The van der Waals surface area contributed by atoms with Gasteiger partial charge < -0.3 is 5.32 Å². The van der Waals surface area contributed by atoms with Crippen LogP contribution in [0.25, 0.3) is 0 Å². The molecule has 11 heteroatoms. The number of halogens is 5. The molecular formula is C24H38Cl2F3N5O. The van der Waals surface area contributed by atoms with Gasteiger partial charge >= 0.3 is 0 Å². The Morgan fingerprint density at radius 3 is 2.31 bits per heavy atom. The van der Waals surface area contributed by atoms with Crippen LogP contribution in [-0.2, 0) is 4.79 Å². The third kappa shape index (κ3) is 7.62. The fraction of sp³-hybridized carbons (Fsp3) is 0.917. The first-order valence-corrected chi connectivity index (χ1v) is 14.0. The highest BCUT2D eigenvalue weighted by atomic mass is 35.5. The van der Waals surface area contributed by atoms with Crippen molar-refractivity contribution < 1.29 is 18.0 Å². The molecule has 0 aromatic carbocycles. The average molecular weight is 541 g/mol. The van der Waals surface area contributed by atoms with E-state index in [4.69, 9.17) is 23.2 Å². The zero-order valence-electron chi connectivity index (χ0n) is 20.0. The van der Waals surface area contributed by atoms with E-state index < -0.39 is 29.8 Å². The van der Waals surface area contributed by atoms with Gasteiger partial charge in [-0.3, -0.25) is 20.5 Å². The number of carbonyl (C=O) groups is 1.